The van der Waals surface area contributed by atoms with E-state index < -0.39 is 0 Å². The molecule has 1 aliphatic heterocycles. The molecule has 0 saturated carbocycles. The third-order valence-electron chi connectivity index (χ3n) is 4.60. The zero-order chi connectivity index (χ0) is 16.9. The van der Waals surface area contributed by atoms with Gasteiger partial charge in [0.2, 0.25) is 0 Å². The molecular formula is C21H23N3O. The first kappa shape index (κ1) is 15.9. The lowest BCUT2D eigenvalue weighted by molar-refractivity contribution is 0.107. The van der Waals surface area contributed by atoms with E-state index in [2.05, 4.69) is 57.5 Å². The van der Waals surface area contributed by atoms with Crippen LogP contribution in [0, 0.1) is 0 Å². The van der Waals surface area contributed by atoms with Gasteiger partial charge >= 0.3 is 0 Å². The summed E-state index contributed by atoms with van der Waals surface area (Å²) in [5.41, 5.74) is 3.51. The van der Waals surface area contributed by atoms with E-state index in [0.29, 0.717) is 13.2 Å². The van der Waals surface area contributed by atoms with Crippen LogP contribution in [0.4, 0.5) is 5.69 Å². The summed E-state index contributed by atoms with van der Waals surface area (Å²) in [6, 6.07) is 19.0. The fourth-order valence-corrected chi connectivity index (χ4v) is 3.36. The average molecular weight is 333 g/mol. The number of fused-ring (bicyclic) bond motifs is 1. The molecule has 4 nitrogen and oxygen atoms in total. The standard InChI is InChI=1S/C21H23N3O/c1-2-6-17(7-3-1)15-25-16-18-8-4-9-19(14-18)23-20-10-5-12-24-13-11-22-21(20)24/h1-4,6-9,11,13-14,20,23H,5,10,12,15-16H2. The maximum absolute atomic E-state index is 5.85. The molecule has 0 radical (unpaired) electrons. The third kappa shape index (κ3) is 3.91. The highest BCUT2D eigenvalue weighted by molar-refractivity contribution is 5.47. The molecule has 4 rings (SSSR count). The molecule has 0 spiro atoms. The molecular weight excluding hydrogens is 310 g/mol. The molecule has 1 aliphatic rings. The molecule has 0 saturated heterocycles. The van der Waals surface area contributed by atoms with Gasteiger partial charge in [-0.25, -0.2) is 4.98 Å². The molecule has 1 unspecified atom stereocenters. The predicted octanol–water partition coefficient (Wildman–Crippen LogP) is 4.55. The van der Waals surface area contributed by atoms with Gasteiger partial charge in [-0.1, -0.05) is 42.5 Å². The van der Waals surface area contributed by atoms with Crippen molar-refractivity contribution in [2.45, 2.75) is 38.6 Å². The normalized spacial score (nSPS) is 16.4. The summed E-state index contributed by atoms with van der Waals surface area (Å²) in [5.74, 6) is 1.14. The fourth-order valence-electron chi connectivity index (χ4n) is 3.36. The highest BCUT2D eigenvalue weighted by Crippen LogP contribution is 2.27. The van der Waals surface area contributed by atoms with Crippen molar-refractivity contribution in [2.75, 3.05) is 5.32 Å². The second-order valence-electron chi connectivity index (χ2n) is 6.50. The maximum Gasteiger partial charge on any atom is 0.131 e. The van der Waals surface area contributed by atoms with Gasteiger partial charge in [0.25, 0.3) is 0 Å². The molecule has 1 N–H and O–H groups in total. The molecule has 1 atom stereocenters. The molecule has 128 valence electrons. The summed E-state index contributed by atoms with van der Waals surface area (Å²) in [4.78, 5) is 4.52. The van der Waals surface area contributed by atoms with Crippen LogP contribution in [-0.2, 0) is 24.5 Å². The Morgan fingerprint density at radius 2 is 1.88 bits per heavy atom. The number of aryl methyl sites for hydroxylation is 1. The van der Waals surface area contributed by atoms with Crippen molar-refractivity contribution < 1.29 is 4.74 Å². The van der Waals surface area contributed by atoms with Crippen LogP contribution in [0.5, 0.6) is 0 Å². The van der Waals surface area contributed by atoms with Crippen LogP contribution in [0.2, 0.25) is 0 Å². The monoisotopic (exact) mass is 333 g/mol. The van der Waals surface area contributed by atoms with Crippen LogP contribution in [0.1, 0.15) is 35.8 Å². The summed E-state index contributed by atoms with van der Waals surface area (Å²) >= 11 is 0. The van der Waals surface area contributed by atoms with Gasteiger partial charge in [0.1, 0.15) is 5.82 Å². The molecule has 25 heavy (non-hydrogen) atoms. The molecule has 2 heterocycles. The van der Waals surface area contributed by atoms with Crippen molar-refractivity contribution >= 4 is 5.69 Å². The SMILES string of the molecule is c1ccc(COCc2cccc(NC3CCCn4ccnc43)c2)cc1. The number of anilines is 1. The summed E-state index contributed by atoms with van der Waals surface area (Å²) < 4.78 is 8.09. The predicted molar refractivity (Wildman–Crippen MR) is 99.2 cm³/mol. The van der Waals surface area contributed by atoms with E-state index in [1.807, 2.05) is 24.4 Å². The van der Waals surface area contributed by atoms with Crippen molar-refractivity contribution in [1.82, 2.24) is 9.55 Å². The lowest BCUT2D eigenvalue weighted by Crippen LogP contribution is -2.21. The Labute approximate surface area is 148 Å². The Kier molecular flexibility index (Phi) is 4.79. The first-order valence-corrected chi connectivity index (χ1v) is 8.87. The van der Waals surface area contributed by atoms with Gasteiger partial charge in [-0.15, -0.1) is 0 Å². The Bertz CT molecular complexity index is 813. The Morgan fingerprint density at radius 3 is 2.80 bits per heavy atom. The van der Waals surface area contributed by atoms with E-state index in [1.165, 1.54) is 17.5 Å². The van der Waals surface area contributed by atoms with Crippen molar-refractivity contribution in [3.63, 3.8) is 0 Å². The van der Waals surface area contributed by atoms with Crippen LogP contribution in [0.15, 0.2) is 67.0 Å². The zero-order valence-corrected chi connectivity index (χ0v) is 14.3. The van der Waals surface area contributed by atoms with E-state index in [0.717, 1.165) is 24.5 Å². The number of hydrogen-bond acceptors (Lipinski definition) is 3. The third-order valence-corrected chi connectivity index (χ3v) is 4.60. The Balaban J connectivity index is 1.37. The smallest absolute Gasteiger partial charge is 0.131 e. The second-order valence-corrected chi connectivity index (χ2v) is 6.50. The van der Waals surface area contributed by atoms with Crippen molar-refractivity contribution in [3.05, 3.63) is 83.9 Å². The number of rotatable bonds is 6. The van der Waals surface area contributed by atoms with Crippen molar-refractivity contribution in [2.24, 2.45) is 0 Å². The van der Waals surface area contributed by atoms with Gasteiger partial charge in [-0.2, -0.15) is 0 Å². The van der Waals surface area contributed by atoms with E-state index in [4.69, 9.17) is 4.74 Å². The summed E-state index contributed by atoms with van der Waals surface area (Å²) in [7, 11) is 0. The highest BCUT2D eigenvalue weighted by atomic mass is 16.5. The van der Waals surface area contributed by atoms with Gasteiger partial charge in [-0.05, 0) is 36.1 Å². The molecule has 3 aromatic rings. The minimum Gasteiger partial charge on any atom is -0.375 e. The van der Waals surface area contributed by atoms with Gasteiger partial charge < -0.3 is 14.6 Å². The molecule has 0 fully saturated rings. The van der Waals surface area contributed by atoms with Crippen molar-refractivity contribution in [3.8, 4) is 0 Å². The maximum atomic E-state index is 5.85. The van der Waals surface area contributed by atoms with Gasteiger partial charge in [0.15, 0.2) is 0 Å². The quantitative estimate of drug-likeness (QED) is 0.719. The molecule has 0 bridgehead atoms. The Hall–Kier alpha value is -2.59. The molecule has 0 aliphatic carbocycles. The van der Waals surface area contributed by atoms with E-state index in [1.54, 1.807) is 0 Å². The topological polar surface area (TPSA) is 39.1 Å². The van der Waals surface area contributed by atoms with Crippen LogP contribution in [0.25, 0.3) is 0 Å². The van der Waals surface area contributed by atoms with E-state index in [-0.39, 0.29) is 6.04 Å². The fraction of sp³-hybridized carbons (Fsp3) is 0.286. The number of hydrogen-bond donors (Lipinski definition) is 1. The molecule has 4 heteroatoms. The molecule has 2 aromatic carbocycles. The number of nitrogens with one attached hydrogen (secondary N) is 1. The van der Waals surface area contributed by atoms with Gasteiger partial charge in [0.05, 0.1) is 19.3 Å². The molecule has 0 amide bonds. The lowest BCUT2D eigenvalue weighted by Gasteiger charge is -2.25. The number of imidazole rings is 1. The van der Waals surface area contributed by atoms with Gasteiger partial charge in [0, 0.05) is 24.6 Å². The molecule has 1 aromatic heterocycles. The van der Waals surface area contributed by atoms with E-state index in [9.17, 15) is 0 Å². The minimum absolute atomic E-state index is 0.282. The zero-order valence-electron chi connectivity index (χ0n) is 14.3. The number of aromatic nitrogens is 2. The lowest BCUT2D eigenvalue weighted by atomic mass is 10.1. The first-order valence-electron chi connectivity index (χ1n) is 8.87. The highest BCUT2D eigenvalue weighted by Gasteiger charge is 2.20. The van der Waals surface area contributed by atoms with Crippen LogP contribution in [0.3, 0.4) is 0 Å². The number of nitrogens with zero attached hydrogens (tertiary/aromatic N) is 2. The first-order chi connectivity index (χ1) is 12.4. The number of ether oxygens (including phenoxy) is 1. The summed E-state index contributed by atoms with van der Waals surface area (Å²) in [5, 5.41) is 3.63. The summed E-state index contributed by atoms with van der Waals surface area (Å²) in [6.45, 7) is 2.32. The second kappa shape index (κ2) is 7.53. The van der Waals surface area contributed by atoms with Gasteiger partial charge in [-0.3, -0.25) is 0 Å². The minimum atomic E-state index is 0.282. The van der Waals surface area contributed by atoms with Crippen LogP contribution >= 0.6 is 0 Å². The van der Waals surface area contributed by atoms with Crippen LogP contribution < -0.4 is 5.32 Å². The van der Waals surface area contributed by atoms with E-state index >= 15 is 0 Å². The average Bonchev–Trinajstić information content (AvgIpc) is 3.13. The summed E-state index contributed by atoms with van der Waals surface area (Å²) in [6.07, 6.45) is 6.26. The largest absolute Gasteiger partial charge is 0.375 e. The van der Waals surface area contributed by atoms with Crippen LogP contribution in [-0.4, -0.2) is 9.55 Å². The number of benzene rings is 2. The Morgan fingerprint density at radius 1 is 1.04 bits per heavy atom. The van der Waals surface area contributed by atoms with Crippen molar-refractivity contribution in [1.29, 1.82) is 0 Å².